The molecule has 0 saturated carbocycles. The molecule has 2 aromatic rings. The summed E-state index contributed by atoms with van der Waals surface area (Å²) in [4.78, 5) is 7.35. The van der Waals surface area contributed by atoms with E-state index in [0.717, 1.165) is 37.4 Å². The highest BCUT2D eigenvalue weighted by Gasteiger charge is 2.21. The van der Waals surface area contributed by atoms with Crippen LogP contribution >= 0.6 is 0 Å². The Morgan fingerprint density at radius 2 is 1.76 bits per heavy atom. The van der Waals surface area contributed by atoms with Gasteiger partial charge in [0.25, 0.3) is 0 Å². The van der Waals surface area contributed by atoms with Crippen molar-refractivity contribution in [1.82, 2.24) is 4.98 Å². The number of hydrogen-bond donors (Lipinski definition) is 1. The number of para-hydroxylation sites is 1. The molecule has 3 nitrogen and oxygen atoms in total. The molecule has 2 aliphatic rings. The quantitative estimate of drug-likeness (QED) is 0.923. The van der Waals surface area contributed by atoms with Gasteiger partial charge in [-0.1, -0.05) is 18.2 Å². The molecule has 2 heterocycles. The van der Waals surface area contributed by atoms with Crippen molar-refractivity contribution in [3.05, 3.63) is 47.7 Å². The van der Waals surface area contributed by atoms with Crippen molar-refractivity contribution in [3.63, 3.8) is 0 Å². The maximum Gasteiger partial charge on any atom is 0.130 e. The van der Waals surface area contributed by atoms with Crippen LogP contribution in [0.25, 0.3) is 0 Å². The molecular weight excluding hydrogens is 258 g/mol. The predicted octanol–water partition coefficient (Wildman–Crippen LogP) is 3.91. The minimum Gasteiger partial charge on any atom is -0.357 e. The number of rotatable bonds is 3. The van der Waals surface area contributed by atoms with E-state index in [9.17, 15) is 0 Å². The predicted molar refractivity (Wildman–Crippen MR) is 87.4 cm³/mol. The molecule has 0 amide bonds. The zero-order valence-corrected chi connectivity index (χ0v) is 12.3. The summed E-state index contributed by atoms with van der Waals surface area (Å²) < 4.78 is 0. The molecular formula is C18H21N3. The van der Waals surface area contributed by atoms with E-state index in [4.69, 9.17) is 4.98 Å². The fourth-order valence-electron chi connectivity index (χ4n) is 3.42. The number of fused-ring (bicyclic) bond motifs is 1. The van der Waals surface area contributed by atoms with Crippen LogP contribution < -0.4 is 10.2 Å². The summed E-state index contributed by atoms with van der Waals surface area (Å²) >= 11 is 0. The largest absolute Gasteiger partial charge is 0.357 e. The van der Waals surface area contributed by atoms with Crippen molar-refractivity contribution in [2.45, 2.75) is 32.1 Å². The first-order valence-electron chi connectivity index (χ1n) is 8.00. The first-order chi connectivity index (χ1) is 10.4. The Balaban J connectivity index is 1.71. The molecule has 0 radical (unpaired) electrons. The molecule has 1 saturated heterocycles. The Hall–Kier alpha value is -2.03. The fourth-order valence-corrected chi connectivity index (χ4v) is 3.42. The van der Waals surface area contributed by atoms with Gasteiger partial charge in [-0.15, -0.1) is 0 Å². The first kappa shape index (κ1) is 12.7. The van der Waals surface area contributed by atoms with Crippen LogP contribution in [0.2, 0.25) is 0 Å². The molecule has 21 heavy (non-hydrogen) atoms. The monoisotopic (exact) mass is 279 g/mol. The van der Waals surface area contributed by atoms with Gasteiger partial charge in [0.2, 0.25) is 0 Å². The lowest BCUT2D eigenvalue weighted by Crippen LogP contribution is -2.19. The van der Waals surface area contributed by atoms with Gasteiger partial charge in [-0.3, -0.25) is 0 Å². The normalized spacial score (nSPS) is 17.0. The van der Waals surface area contributed by atoms with Crippen LogP contribution in [0, 0.1) is 0 Å². The molecule has 1 aromatic carbocycles. The number of nitrogens with one attached hydrogen (secondary N) is 1. The summed E-state index contributed by atoms with van der Waals surface area (Å²) in [5.41, 5.74) is 5.13. The van der Waals surface area contributed by atoms with E-state index in [-0.39, 0.29) is 0 Å². The van der Waals surface area contributed by atoms with Gasteiger partial charge in [0.1, 0.15) is 5.82 Å². The Morgan fingerprint density at radius 3 is 2.57 bits per heavy atom. The molecule has 108 valence electrons. The average Bonchev–Trinajstić information content (AvgIpc) is 3.19. The third-order valence-electron chi connectivity index (χ3n) is 4.52. The number of benzene rings is 1. The minimum absolute atomic E-state index is 1.13. The zero-order chi connectivity index (χ0) is 14.1. The van der Waals surface area contributed by atoms with Crippen molar-refractivity contribution in [1.29, 1.82) is 0 Å². The fraction of sp³-hybridized carbons (Fsp3) is 0.389. The lowest BCUT2D eigenvalue weighted by molar-refractivity contribution is 0.887. The number of aryl methyl sites for hydroxylation is 1. The van der Waals surface area contributed by atoms with E-state index in [1.165, 1.54) is 36.2 Å². The van der Waals surface area contributed by atoms with Gasteiger partial charge in [0, 0.05) is 36.2 Å². The maximum absolute atomic E-state index is 4.92. The highest BCUT2D eigenvalue weighted by atomic mass is 15.2. The minimum atomic E-state index is 1.13. The van der Waals surface area contributed by atoms with Crippen molar-refractivity contribution in [3.8, 4) is 0 Å². The van der Waals surface area contributed by atoms with Crippen LogP contribution in [0.15, 0.2) is 36.4 Å². The molecule has 1 fully saturated rings. The van der Waals surface area contributed by atoms with Crippen LogP contribution in [0.4, 0.5) is 17.2 Å². The maximum atomic E-state index is 4.92. The number of pyridine rings is 1. The molecule has 1 aliphatic carbocycles. The van der Waals surface area contributed by atoms with Gasteiger partial charge < -0.3 is 10.2 Å². The smallest absolute Gasteiger partial charge is 0.130 e. The highest BCUT2D eigenvalue weighted by molar-refractivity contribution is 5.68. The molecule has 1 aromatic heterocycles. The topological polar surface area (TPSA) is 28.2 Å². The van der Waals surface area contributed by atoms with Crippen LogP contribution in [0.3, 0.4) is 0 Å². The Morgan fingerprint density at radius 1 is 0.952 bits per heavy atom. The summed E-state index contributed by atoms with van der Waals surface area (Å²) in [5, 5.41) is 3.60. The second kappa shape index (κ2) is 5.40. The van der Waals surface area contributed by atoms with Crippen LogP contribution in [0.1, 0.15) is 30.5 Å². The van der Waals surface area contributed by atoms with Crippen LogP contribution in [0.5, 0.6) is 0 Å². The first-order valence-corrected chi connectivity index (χ1v) is 8.00. The van der Waals surface area contributed by atoms with Gasteiger partial charge in [-0.25, -0.2) is 4.98 Å². The van der Waals surface area contributed by atoms with Gasteiger partial charge in [-0.05, 0) is 49.8 Å². The van der Waals surface area contributed by atoms with E-state index in [2.05, 4.69) is 46.6 Å². The second-order valence-electron chi connectivity index (χ2n) is 5.99. The van der Waals surface area contributed by atoms with E-state index >= 15 is 0 Å². The van der Waals surface area contributed by atoms with E-state index in [1.807, 2.05) is 0 Å². The lowest BCUT2D eigenvalue weighted by Gasteiger charge is -2.20. The van der Waals surface area contributed by atoms with Gasteiger partial charge >= 0.3 is 0 Å². The van der Waals surface area contributed by atoms with Gasteiger partial charge in [0.05, 0.1) is 0 Å². The second-order valence-corrected chi connectivity index (χ2v) is 5.99. The third kappa shape index (κ3) is 2.48. The standard InChI is InChI=1S/C18H21N3/c1-2-7-14(8-3-1)19-17-13-18(21-11-4-5-12-21)20-16-10-6-9-15(16)17/h1-3,7-8,13H,4-6,9-12H2,(H,19,20). The molecule has 0 bridgehead atoms. The molecule has 3 heteroatoms. The van der Waals surface area contributed by atoms with Gasteiger partial charge in [-0.2, -0.15) is 0 Å². The molecule has 1 aliphatic heterocycles. The average molecular weight is 279 g/mol. The summed E-state index contributed by atoms with van der Waals surface area (Å²) in [6.45, 7) is 2.30. The van der Waals surface area contributed by atoms with Crippen molar-refractivity contribution >= 4 is 17.2 Å². The summed E-state index contributed by atoms with van der Waals surface area (Å²) in [7, 11) is 0. The number of aromatic nitrogens is 1. The van der Waals surface area contributed by atoms with E-state index < -0.39 is 0 Å². The lowest BCUT2D eigenvalue weighted by atomic mass is 10.1. The molecule has 4 rings (SSSR count). The Bertz CT molecular complexity index is 630. The van der Waals surface area contributed by atoms with Crippen molar-refractivity contribution < 1.29 is 0 Å². The Kier molecular flexibility index (Phi) is 3.26. The number of hydrogen-bond acceptors (Lipinski definition) is 3. The number of anilines is 3. The summed E-state index contributed by atoms with van der Waals surface area (Å²) in [6.07, 6.45) is 6.09. The number of nitrogens with zero attached hydrogens (tertiary/aromatic N) is 2. The Labute approximate surface area is 126 Å². The molecule has 0 atom stereocenters. The summed E-state index contributed by atoms with van der Waals surface area (Å²) in [5.74, 6) is 1.16. The SMILES string of the molecule is c1ccc(Nc2cc(N3CCCC3)nc3c2CCC3)cc1. The van der Waals surface area contributed by atoms with Crippen LogP contribution in [-0.2, 0) is 12.8 Å². The van der Waals surface area contributed by atoms with E-state index in [1.54, 1.807) is 0 Å². The van der Waals surface area contributed by atoms with E-state index in [0.29, 0.717) is 0 Å². The van der Waals surface area contributed by atoms with Crippen molar-refractivity contribution in [2.75, 3.05) is 23.3 Å². The molecule has 1 N–H and O–H groups in total. The molecule has 0 unspecified atom stereocenters. The zero-order valence-electron chi connectivity index (χ0n) is 12.3. The molecule has 0 spiro atoms. The third-order valence-corrected chi connectivity index (χ3v) is 4.52. The van der Waals surface area contributed by atoms with Gasteiger partial charge in [0.15, 0.2) is 0 Å². The van der Waals surface area contributed by atoms with Crippen molar-refractivity contribution in [2.24, 2.45) is 0 Å². The highest BCUT2D eigenvalue weighted by Crippen LogP contribution is 2.33. The summed E-state index contributed by atoms with van der Waals surface area (Å²) in [6, 6.07) is 12.7. The van der Waals surface area contributed by atoms with Crippen LogP contribution in [-0.4, -0.2) is 18.1 Å².